The zero-order valence-electron chi connectivity index (χ0n) is 17.0. The van der Waals surface area contributed by atoms with Crippen LogP contribution in [0.15, 0.2) is 17.0 Å². The van der Waals surface area contributed by atoms with Gasteiger partial charge in [0.15, 0.2) is 19.7 Å². The van der Waals surface area contributed by atoms with E-state index in [1.54, 1.807) is 12.1 Å². The molecule has 0 bridgehead atoms. The van der Waals surface area contributed by atoms with Gasteiger partial charge in [-0.15, -0.1) is 0 Å². The molecule has 2 heterocycles. The molecule has 0 aliphatic carbocycles. The van der Waals surface area contributed by atoms with E-state index in [-0.39, 0.29) is 22.2 Å². The first kappa shape index (κ1) is 21.5. The highest BCUT2D eigenvalue weighted by Gasteiger charge is 2.49. The van der Waals surface area contributed by atoms with Crippen LogP contribution in [0.1, 0.15) is 18.1 Å². The van der Waals surface area contributed by atoms with Crippen LogP contribution >= 0.6 is 0 Å². The molecule has 1 aromatic rings. The van der Waals surface area contributed by atoms with E-state index in [9.17, 15) is 16.8 Å². The number of benzene rings is 1. The fourth-order valence-electron chi connectivity index (χ4n) is 4.15. The van der Waals surface area contributed by atoms with E-state index in [0.29, 0.717) is 13.1 Å². The maximum Gasteiger partial charge on any atom is 0.187 e. The molecule has 28 heavy (non-hydrogen) atoms. The Balaban J connectivity index is 1.98. The first-order chi connectivity index (χ1) is 13.1. The third kappa shape index (κ3) is 4.08. The molecular weight excluding hydrogens is 400 g/mol. The molecule has 0 spiro atoms. The molecule has 0 N–H and O–H groups in total. The van der Waals surface area contributed by atoms with E-state index < -0.39 is 31.0 Å². The fourth-order valence-corrected chi connectivity index (χ4v) is 9.21. The van der Waals surface area contributed by atoms with Crippen LogP contribution in [0.3, 0.4) is 0 Å². The van der Waals surface area contributed by atoms with Gasteiger partial charge in [-0.1, -0.05) is 6.92 Å². The Labute approximate surface area is 168 Å². The number of rotatable bonds is 5. The highest BCUT2D eigenvalue weighted by molar-refractivity contribution is 7.96. The van der Waals surface area contributed by atoms with Gasteiger partial charge in [0.05, 0.1) is 23.9 Å². The molecule has 0 amide bonds. The lowest BCUT2D eigenvalue weighted by Gasteiger charge is -2.39. The lowest BCUT2D eigenvalue weighted by atomic mass is 10.1. The molecule has 2 saturated heterocycles. The number of sulfone groups is 2. The van der Waals surface area contributed by atoms with Crippen molar-refractivity contribution in [3.8, 4) is 5.75 Å². The SMILES string of the molecule is CCN1CCN([C@H]2CS(=O)(=O)C[C@@H]2S(=O)(=O)c2cc(C)c(C)cc2OC)CC1. The number of piperazine rings is 1. The number of nitrogens with zero attached hydrogens (tertiary/aromatic N) is 2. The van der Waals surface area contributed by atoms with Gasteiger partial charge in [-0.05, 0) is 43.7 Å². The molecule has 2 aliphatic rings. The van der Waals surface area contributed by atoms with E-state index in [0.717, 1.165) is 30.8 Å². The minimum atomic E-state index is -3.87. The summed E-state index contributed by atoms with van der Waals surface area (Å²) < 4.78 is 57.3. The standard InChI is InChI=1S/C19H30N2O5S2/c1-5-20-6-8-21(9-7-20)16-12-27(22,23)13-19(16)28(24,25)18-11-15(3)14(2)10-17(18)26-4/h10-11,16,19H,5-9,12-13H2,1-4H3/t16-,19-/m0/s1. The molecule has 2 fully saturated rings. The van der Waals surface area contributed by atoms with Crippen molar-refractivity contribution in [3.05, 3.63) is 23.3 Å². The van der Waals surface area contributed by atoms with Gasteiger partial charge in [-0.3, -0.25) is 4.90 Å². The van der Waals surface area contributed by atoms with Crippen molar-refractivity contribution in [2.45, 2.75) is 37.0 Å². The molecule has 0 unspecified atom stereocenters. The summed E-state index contributed by atoms with van der Waals surface area (Å²) in [7, 11) is -5.85. The van der Waals surface area contributed by atoms with Crippen molar-refractivity contribution >= 4 is 19.7 Å². The van der Waals surface area contributed by atoms with Crippen molar-refractivity contribution < 1.29 is 21.6 Å². The van der Waals surface area contributed by atoms with Crippen LogP contribution in [-0.4, -0.2) is 89.3 Å². The van der Waals surface area contributed by atoms with Crippen molar-refractivity contribution in [2.24, 2.45) is 0 Å². The van der Waals surface area contributed by atoms with Gasteiger partial charge in [0.1, 0.15) is 10.6 Å². The van der Waals surface area contributed by atoms with Crippen molar-refractivity contribution in [2.75, 3.05) is 51.3 Å². The molecule has 2 aliphatic heterocycles. The minimum absolute atomic E-state index is 0.0948. The predicted molar refractivity (Wildman–Crippen MR) is 110 cm³/mol. The second-order valence-electron chi connectivity index (χ2n) is 7.79. The second kappa shape index (κ2) is 7.93. The van der Waals surface area contributed by atoms with E-state index in [1.807, 2.05) is 18.7 Å². The summed E-state index contributed by atoms with van der Waals surface area (Å²) in [5.41, 5.74) is 1.77. The van der Waals surface area contributed by atoms with Crippen molar-refractivity contribution in [3.63, 3.8) is 0 Å². The average Bonchev–Trinajstić information content (AvgIpc) is 3.00. The summed E-state index contributed by atoms with van der Waals surface area (Å²) >= 11 is 0. The Hall–Kier alpha value is -1.16. The third-order valence-electron chi connectivity index (χ3n) is 6.08. The van der Waals surface area contributed by atoms with Crippen molar-refractivity contribution in [1.29, 1.82) is 0 Å². The van der Waals surface area contributed by atoms with E-state index >= 15 is 0 Å². The zero-order chi connectivity index (χ0) is 20.7. The highest BCUT2D eigenvalue weighted by Crippen LogP contribution is 2.35. The molecule has 9 heteroatoms. The molecule has 0 saturated carbocycles. The Bertz CT molecular complexity index is 935. The Morgan fingerprint density at radius 1 is 1.07 bits per heavy atom. The number of ether oxygens (including phenoxy) is 1. The third-order valence-corrected chi connectivity index (χ3v) is 10.2. The quantitative estimate of drug-likeness (QED) is 0.686. The van der Waals surface area contributed by atoms with E-state index in [1.165, 1.54) is 7.11 Å². The summed E-state index contributed by atoms with van der Waals surface area (Å²) in [5.74, 6) is -0.151. The van der Waals surface area contributed by atoms with Crippen LogP contribution in [0.4, 0.5) is 0 Å². The summed E-state index contributed by atoms with van der Waals surface area (Å²) in [6, 6.07) is 2.81. The first-order valence-corrected chi connectivity index (χ1v) is 13.0. The van der Waals surface area contributed by atoms with Gasteiger partial charge >= 0.3 is 0 Å². The van der Waals surface area contributed by atoms with E-state index in [4.69, 9.17) is 4.74 Å². The van der Waals surface area contributed by atoms with Crippen LogP contribution in [0, 0.1) is 13.8 Å². The maximum absolute atomic E-state index is 13.6. The maximum atomic E-state index is 13.6. The predicted octanol–water partition coefficient (Wildman–Crippen LogP) is 0.889. The summed E-state index contributed by atoms with van der Waals surface area (Å²) in [5, 5.41) is -0.971. The highest BCUT2D eigenvalue weighted by atomic mass is 32.2. The van der Waals surface area contributed by atoms with Crippen LogP contribution in [0.2, 0.25) is 0 Å². The largest absolute Gasteiger partial charge is 0.495 e. The Kier molecular flexibility index (Phi) is 6.10. The molecule has 158 valence electrons. The van der Waals surface area contributed by atoms with Gasteiger partial charge < -0.3 is 9.64 Å². The molecular formula is C19H30N2O5S2. The summed E-state index contributed by atoms with van der Waals surface area (Å²) in [4.78, 5) is 4.43. The van der Waals surface area contributed by atoms with Gasteiger partial charge in [-0.25, -0.2) is 16.8 Å². The number of hydrogen-bond donors (Lipinski definition) is 0. The Morgan fingerprint density at radius 3 is 2.25 bits per heavy atom. The van der Waals surface area contributed by atoms with Crippen LogP contribution in [-0.2, 0) is 19.7 Å². The normalized spacial score (nSPS) is 26.4. The number of methoxy groups -OCH3 is 1. The molecule has 7 nitrogen and oxygen atoms in total. The number of aryl methyl sites for hydroxylation is 2. The monoisotopic (exact) mass is 430 g/mol. The minimum Gasteiger partial charge on any atom is -0.495 e. The summed E-state index contributed by atoms with van der Waals surface area (Å²) in [6.07, 6.45) is 0. The summed E-state index contributed by atoms with van der Waals surface area (Å²) in [6.45, 7) is 9.80. The second-order valence-corrected chi connectivity index (χ2v) is 12.1. The van der Waals surface area contributed by atoms with Crippen LogP contribution in [0.5, 0.6) is 5.75 Å². The van der Waals surface area contributed by atoms with Gasteiger partial charge in [0, 0.05) is 32.2 Å². The van der Waals surface area contributed by atoms with E-state index in [2.05, 4.69) is 11.8 Å². The zero-order valence-corrected chi connectivity index (χ0v) is 18.6. The smallest absolute Gasteiger partial charge is 0.187 e. The molecule has 3 rings (SSSR count). The lowest BCUT2D eigenvalue weighted by molar-refractivity contribution is 0.109. The number of likely N-dealkylation sites (N-methyl/N-ethyl adjacent to an activating group) is 1. The fraction of sp³-hybridized carbons (Fsp3) is 0.684. The van der Waals surface area contributed by atoms with Crippen LogP contribution in [0.25, 0.3) is 0 Å². The van der Waals surface area contributed by atoms with Gasteiger partial charge in [0.2, 0.25) is 0 Å². The topological polar surface area (TPSA) is 84.0 Å². The first-order valence-electron chi connectivity index (χ1n) is 9.65. The molecule has 0 radical (unpaired) electrons. The molecule has 1 aromatic carbocycles. The van der Waals surface area contributed by atoms with Crippen molar-refractivity contribution in [1.82, 2.24) is 9.80 Å². The lowest BCUT2D eigenvalue weighted by Crippen LogP contribution is -2.54. The van der Waals surface area contributed by atoms with Gasteiger partial charge in [0.25, 0.3) is 0 Å². The average molecular weight is 431 g/mol. The Morgan fingerprint density at radius 2 is 1.68 bits per heavy atom. The molecule has 0 aromatic heterocycles. The van der Waals surface area contributed by atoms with Gasteiger partial charge in [-0.2, -0.15) is 0 Å². The van der Waals surface area contributed by atoms with Crippen LogP contribution < -0.4 is 4.74 Å². The molecule has 2 atom stereocenters. The number of hydrogen-bond acceptors (Lipinski definition) is 7.